The summed E-state index contributed by atoms with van der Waals surface area (Å²) in [4.78, 5) is 11.8. The monoisotopic (exact) mass is 343 g/mol. The molecule has 2 fully saturated rings. The van der Waals surface area contributed by atoms with Gasteiger partial charge in [-0.15, -0.1) is 0 Å². The Morgan fingerprint density at radius 3 is 2.80 bits per heavy atom. The fourth-order valence-corrected chi connectivity index (χ4v) is 6.23. The van der Waals surface area contributed by atoms with Crippen molar-refractivity contribution >= 4 is 5.91 Å². The lowest BCUT2D eigenvalue weighted by Gasteiger charge is -2.60. The first-order valence-corrected chi connectivity index (χ1v) is 9.58. The predicted molar refractivity (Wildman–Crippen MR) is 96.9 cm³/mol. The second-order valence-electron chi connectivity index (χ2n) is 8.67. The van der Waals surface area contributed by atoms with Crippen LogP contribution in [-0.4, -0.2) is 23.2 Å². The van der Waals surface area contributed by atoms with Crippen molar-refractivity contribution in [1.29, 1.82) is 0 Å². The van der Waals surface area contributed by atoms with Gasteiger partial charge in [-0.25, -0.2) is 0 Å². The Labute approximate surface area is 150 Å². The van der Waals surface area contributed by atoms with Crippen molar-refractivity contribution < 1.29 is 14.6 Å². The number of fused-ring (bicyclic) bond motifs is 1. The van der Waals surface area contributed by atoms with Crippen LogP contribution in [0.1, 0.15) is 64.0 Å². The zero-order chi connectivity index (χ0) is 18.0. The Hall–Kier alpha value is -1.71. The van der Waals surface area contributed by atoms with Crippen molar-refractivity contribution in [2.45, 2.75) is 77.4 Å². The lowest BCUT2D eigenvalue weighted by molar-refractivity contribution is -0.125. The van der Waals surface area contributed by atoms with Gasteiger partial charge in [-0.3, -0.25) is 4.79 Å². The Balaban J connectivity index is 1.94. The zero-order valence-electron chi connectivity index (χ0n) is 15.7. The molecule has 2 aliphatic carbocycles. The number of benzene rings is 1. The third-order valence-corrected chi connectivity index (χ3v) is 7.57. The highest BCUT2D eigenvalue weighted by Gasteiger charge is 2.67. The topological polar surface area (TPSA) is 58.6 Å². The normalized spacial score (nSPS) is 39.0. The molecule has 3 aliphatic rings. The number of hydrogen-bond acceptors (Lipinski definition) is 3. The van der Waals surface area contributed by atoms with Crippen LogP contribution in [0.15, 0.2) is 12.1 Å². The van der Waals surface area contributed by atoms with Crippen LogP contribution < -0.4 is 10.1 Å². The van der Waals surface area contributed by atoms with Crippen LogP contribution in [0.4, 0.5) is 0 Å². The maximum absolute atomic E-state index is 11.8. The van der Waals surface area contributed by atoms with Crippen molar-refractivity contribution in [1.82, 2.24) is 5.32 Å². The van der Waals surface area contributed by atoms with Gasteiger partial charge in [0, 0.05) is 17.9 Å². The molecule has 2 saturated carbocycles. The highest BCUT2D eigenvalue weighted by Crippen LogP contribution is 2.68. The van der Waals surface area contributed by atoms with Gasteiger partial charge in [0.2, 0.25) is 5.91 Å². The number of hydrogen-bond donors (Lipinski definition) is 2. The van der Waals surface area contributed by atoms with Gasteiger partial charge in [0.05, 0.1) is 6.04 Å². The molecule has 25 heavy (non-hydrogen) atoms. The molecular formula is C21H29NO3. The molecule has 1 amide bonds. The van der Waals surface area contributed by atoms with Gasteiger partial charge in [0.25, 0.3) is 0 Å². The van der Waals surface area contributed by atoms with Crippen molar-refractivity contribution in [3.8, 4) is 11.5 Å². The number of phenolic OH excluding ortho intramolecular Hbond substituents is 1. The van der Waals surface area contributed by atoms with E-state index < -0.39 is 0 Å². The Morgan fingerprint density at radius 1 is 1.32 bits per heavy atom. The van der Waals surface area contributed by atoms with Crippen molar-refractivity contribution in [2.75, 3.05) is 0 Å². The highest BCUT2D eigenvalue weighted by atomic mass is 16.5. The van der Waals surface area contributed by atoms with Gasteiger partial charge in [-0.1, -0.05) is 32.8 Å². The SMILES string of the molecule is CC(=O)N[C@@H]1CC[C@@]2(C)C(C)CCC[C@@]23c2c(C)ccc(O)c2O[C@@H]13. The third kappa shape index (κ3) is 2.03. The van der Waals surface area contributed by atoms with E-state index in [9.17, 15) is 9.90 Å². The van der Waals surface area contributed by atoms with E-state index in [0.717, 1.165) is 25.7 Å². The molecule has 5 atom stereocenters. The number of carbonyl (C=O) groups excluding carboxylic acids is 1. The zero-order valence-corrected chi connectivity index (χ0v) is 15.7. The highest BCUT2D eigenvalue weighted by molar-refractivity contribution is 5.73. The lowest BCUT2D eigenvalue weighted by atomic mass is 9.44. The van der Waals surface area contributed by atoms with Gasteiger partial charge in [-0.05, 0) is 49.1 Å². The van der Waals surface area contributed by atoms with E-state index in [1.54, 1.807) is 13.0 Å². The van der Waals surface area contributed by atoms with E-state index in [1.165, 1.54) is 17.5 Å². The summed E-state index contributed by atoms with van der Waals surface area (Å²) in [6.07, 6.45) is 5.38. The third-order valence-electron chi connectivity index (χ3n) is 7.57. The molecule has 0 radical (unpaired) electrons. The molecule has 4 rings (SSSR count). The minimum Gasteiger partial charge on any atom is -0.504 e. The van der Waals surface area contributed by atoms with Crippen LogP contribution in [-0.2, 0) is 10.2 Å². The summed E-state index contributed by atoms with van der Waals surface area (Å²) in [5.74, 6) is 1.47. The molecule has 1 aromatic rings. The average Bonchev–Trinajstić information content (AvgIpc) is 2.91. The van der Waals surface area contributed by atoms with Gasteiger partial charge < -0.3 is 15.2 Å². The number of ether oxygens (including phenoxy) is 1. The number of aryl methyl sites for hydroxylation is 1. The minimum atomic E-state index is -0.131. The van der Waals surface area contributed by atoms with E-state index >= 15 is 0 Å². The van der Waals surface area contributed by atoms with E-state index in [-0.39, 0.29) is 34.6 Å². The number of rotatable bonds is 1. The second kappa shape index (κ2) is 5.39. The molecule has 0 saturated heterocycles. The standard InChI is InChI=1S/C21H29NO3/c1-12-7-8-16(24)18-17(12)21-10-5-6-13(2)20(21,4)11-9-15(19(21)25-18)22-14(3)23/h7-8,13,15,19,24H,5-6,9-11H2,1-4H3,(H,22,23)/t13?,15-,19+,20+,21+/m1/s1. The summed E-state index contributed by atoms with van der Waals surface area (Å²) in [7, 11) is 0. The van der Waals surface area contributed by atoms with Crippen LogP contribution in [0.3, 0.4) is 0 Å². The van der Waals surface area contributed by atoms with Gasteiger partial charge >= 0.3 is 0 Å². The molecule has 4 nitrogen and oxygen atoms in total. The van der Waals surface area contributed by atoms with Crippen molar-refractivity contribution in [3.63, 3.8) is 0 Å². The molecule has 1 aromatic carbocycles. The molecule has 1 heterocycles. The molecule has 2 N–H and O–H groups in total. The average molecular weight is 343 g/mol. The summed E-state index contributed by atoms with van der Waals surface area (Å²) in [6.45, 7) is 8.48. The lowest BCUT2D eigenvalue weighted by Crippen LogP contribution is -2.66. The van der Waals surface area contributed by atoms with Crippen LogP contribution in [0.5, 0.6) is 11.5 Å². The summed E-state index contributed by atoms with van der Waals surface area (Å²) in [6, 6.07) is 3.75. The fraction of sp³-hybridized carbons (Fsp3) is 0.667. The van der Waals surface area contributed by atoms with Gasteiger partial charge in [-0.2, -0.15) is 0 Å². The summed E-state index contributed by atoms with van der Waals surface area (Å²) < 4.78 is 6.45. The van der Waals surface area contributed by atoms with E-state index in [4.69, 9.17) is 4.74 Å². The maximum atomic E-state index is 11.8. The first-order valence-electron chi connectivity index (χ1n) is 9.58. The second-order valence-corrected chi connectivity index (χ2v) is 8.67. The minimum absolute atomic E-state index is 0.00192. The van der Waals surface area contributed by atoms with E-state index in [2.05, 4.69) is 26.1 Å². The fourth-order valence-electron chi connectivity index (χ4n) is 6.23. The maximum Gasteiger partial charge on any atom is 0.217 e. The molecule has 136 valence electrons. The summed E-state index contributed by atoms with van der Waals surface area (Å²) in [5.41, 5.74) is 2.38. The first kappa shape index (κ1) is 16.7. The molecule has 0 bridgehead atoms. The number of nitrogens with one attached hydrogen (secondary N) is 1. The molecule has 1 aliphatic heterocycles. The molecule has 1 spiro atoms. The van der Waals surface area contributed by atoms with Gasteiger partial charge in [0.1, 0.15) is 6.10 Å². The number of phenols is 1. The Morgan fingerprint density at radius 2 is 2.08 bits per heavy atom. The van der Waals surface area contributed by atoms with Crippen LogP contribution in [0.25, 0.3) is 0 Å². The van der Waals surface area contributed by atoms with Crippen molar-refractivity contribution in [2.24, 2.45) is 11.3 Å². The number of amides is 1. The summed E-state index contributed by atoms with van der Waals surface area (Å²) in [5, 5.41) is 13.6. The quantitative estimate of drug-likeness (QED) is 0.815. The molecule has 1 unspecified atom stereocenters. The van der Waals surface area contributed by atoms with Crippen molar-refractivity contribution in [3.05, 3.63) is 23.3 Å². The Kier molecular flexibility index (Phi) is 3.61. The first-order chi connectivity index (χ1) is 11.8. The predicted octanol–water partition coefficient (Wildman–Crippen LogP) is 3.82. The molecular weight excluding hydrogens is 314 g/mol. The largest absolute Gasteiger partial charge is 0.504 e. The summed E-state index contributed by atoms with van der Waals surface area (Å²) >= 11 is 0. The van der Waals surface area contributed by atoms with Crippen LogP contribution >= 0.6 is 0 Å². The number of aromatic hydroxyl groups is 1. The molecule has 4 heteroatoms. The van der Waals surface area contributed by atoms with Crippen LogP contribution in [0.2, 0.25) is 0 Å². The Bertz CT molecular complexity index is 730. The number of carbonyl (C=O) groups is 1. The van der Waals surface area contributed by atoms with E-state index in [1.807, 2.05) is 6.07 Å². The van der Waals surface area contributed by atoms with E-state index in [0.29, 0.717) is 11.7 Å². The smallest absolute Gasteiger partial charge is 0.217 e. The molecule has 0 aromatic heterocycles. The van der Waals surface area contributed by atoms with Gasteiger partial charge in [0.15, 0.2) is 11.5 Å². The van der Waals surface area contributed by atoms with Crippen LogP contribution in [0, 0.1) is 18.3 Å².